The number of hydrogen-bond acceptors (Lipinski definition) is 4. The van der Waals surface area contributed by atoms with Crippen molar-refractivity contribution in [3.05, 3.63) is 41.4 Å². The zero-order chi connectivity index (χ0) is 14.9. The summed E-state index contributed by atoms with van der Waals surface area (Å²) in [5.74, 6) is 0. The number of hydrogen-bond donors (Lipinski definition) is 1. The lowest BCUT2D eigenvalue weighted by Crippen LogP contribution is -2.46. The highest BCUT2D eigenvalue weighted by atomic mass is 35.5. The molecule has 2 aliphatic heterocycles. The third-order valence-electron chi connectivity index (χ3n) is 5.06. The van der Waals surface area contributed by atoms with Gasteiger partial charge in [-0.3, -0.25) is 4.90 Å². The van der Waals surface area contributed by atoms with E-state index in [4.69, 9.17) is 4.98 Å². The second-order valence-corrected chi connectivity index (χ2v) is 7.55. The summed E-state index contributed by atoms with van der Waals surface area (Å²) in [6.07, 6.45) is 5.32. The van der Waals surface area contributed by atoms with Crippen molar-refractivity contribution < 1.29 is 0 Å². The Kier molecular flexibility index (Phi) is 5.37. The van der Waals surface area contributed by atoms with Gasteiger partial charge in [-0.15, -0.1) is 23.7 Å². The van der Waals surface area contributed by atoms with Crippen molar-refractivity contribution in [2.45, 2.75) is 50.4 Å². The van der Waals surface area contributed by atoms with Gasteiger partial charge in [-0.2, -0.15) is 0 Å². The van der Waals surface area contributed by atoms with Crippen molar-refractivity contribution in [3.63, 3.8) is 0 Å². The van der Waals surface area contributed by atoms with Gasteiger partial charge in [-0.25, -0.2) is 4.98 Å². The van der Waals surface area contributed by atoms with E-state index in [9.17, 15) is 0 Å². The van der Waals surface area contributed by atoms with Crippen LogP contribution in [0.5, 0.6) is 0 Å². The Bertz CT molecular complexity index is 618. The molecule has 1 aromatic heterocycles. The van der Waals surface area contributed by atoms with E-state index in [-0.39, 0.29) is 12.4 Å². The summed E-state index contributed by atoms with van der Waals surface area (Å²) in [4.78, 5) is 7.34. The molecule has 0 saturated carbocycles. The lowest BCUT2D eigenvalue weighted by Gasteiger charge is -2.35. The van der Waals surface area contributed by atoms with Crippen LogP contribution < -0.4 is 5.32 Å². The molecule has 5 heteroatoms. The normalized spacial score (nSPS) is 26.3. The molecule has 4 rings (SSSR count). The zero-order valence-electron chi connectivity index (χ0n) is 13.4. The molecule has 3 nitrogen and oxygen atoms in total. The van der Waals surface area contributed by atoms with Gasteiger partial charge < -0.3 is 5.32 Å². The first-order valence-corrected chi connectivity index (χ1v) is 9.12. The Morgan fingerprint density at radius 3 is 2.57 bits per heavy atom. The number of halogens is 1. The molecule has 2 aliphatic rings. The molecule has 1 N–H and O–H groups in total. The van der Waals surface area contributed by atoms with Crippen molar-refractivity contribution in [3.8, 4) is 10.6 Å². The lowest BCUT2D eigenvalue weighted by molar-refractivity contribution is 0.164. The first kappa shape index (κ1) is 16.9. The zero-order valence-corrected chi connectivity index (χ0v) is 15.1. The fraction of sp³-hybridized carbons (Fsp3) is 0.500. The predicted molar refractivity (Wildman–Crippen MR) is 99.2 cm³/mol. The summed E-state index contributed by atoms with van der Waals surface area (Å²) >= 11 is 1.75. The molecule has 2 bridgehead atoms. The van der Waals surface area contributed by atoms with Crippen LogP contribution in [0.2, 0.25) is 0 Å². The summed E-state index contributed by atoms with van der Waals surface area (Å²) in [7, 11) is 2.26. The van der Waals surface area contributed by atoms with Crippen LogP contribution in [0.1, 0.15) is 31.4 Å². The van der Waals surface area contributed by atoms with Gasteiger partial charge in [0.05, 0.1) is 5.69 Å². The Labute approximate surface area is 148 Å². The van der Waals surface area contributed by atoms with Crippen molar-refractivity contribution in [1.29, 1.82) is 0 Å². The van der Waals surface area contributed by atoms with Gasteiger partial charge in [-0.1, -0.05) is 30.3 Å². The predicted octanol–water partition coefficient (Wildman–Crippen LogP) is 3.95. The van der Waals surface area contributed by atoms with E-state index in [0.717, 1.165) is 23.6 Å². The Balaban J connectivity index is 0.00000156. The van der Waals surface area contributed by atoms with Crippen LogP contribution in [0.3, 0.4) is 0 Å². The van der Waals surface area contributed by atoms with Crippen molar-refractivity contribution in [2.24, 2.45) is 0 Å². The number of thiazole rings is 1. The molecule has 0 spiro atoms. The van der Waals surface area contributed by atoms with Gasteiger partial charge in [0, 0.05) is 35.6 Å². The van der Waals surface area contributed by atoms with E-state index in [0.29, 0.717) is 6.04 Å². The molecule has 23 heavy (non-hydrogen) atoms. The first-order chi connectivity index (χ1) is 10.8. The molecule has 3 heterocycles. The van der Waals surface area contributed by atoms with E-state index < -0.39 is 0 Å². The van der Waals surface area contributed by atoms with Crippen LogP contribution in [0.15, 0.2) is 35.7 Å². The van der Waals surface area contributed by atoms with Crippen LogP contribution in [0.4, 0.5) is 0 Å². The van der Waals surface area contributed by atoms with Gasteiger partial charge in [-0.05, 0) is 32.7 Å². The fourth-order valence-corrected chi connectivity index (χ4v) is 4.68. The average molecular weight is 350 g/mol. The number of rotatable bonds is 4. The average Bonchev–Trinajstić information content (AvgIpc) is 3.14. The van der Waals surface area contributed by atoms with E-state index >= 15 is 0 Å². The molecule has 2 atom stereocenters. The number of piperidine rings is 1. The van der Waals surface area contributed by atoms with E-state index in [1.54, 1.807) is 11.3 Å². The Morgan fingerprint density at radius 2 is 1.87 bits per heavy atom. The van der Waals surface area contributed by atoms with E-state index in [2.05, 4.69) is 53.0 Å². The van der Waals surface area contributed by atoms with Gasteiger partial charge in [0.1, 0.15) is 5.01 Å². The quantitative estimate of drug-likeness (QED) is 0.906. The second kappa shape index (κ2) is 7.31. The number of nitrogens with one attached hydrogen (secondary N) is 1. The van der Waals surface area contributed by atoms with Gasteiger partial charge in [0.15, 0.2) is 0 Å². The lowest BCUT2D eigenvalue weighted by atomic mass is 9.98. The van der Waals surface area contributed by atoms with Crippen molar-refractivity contribution >= 4 is 23.7 Å². The molecule has 0 amide bonds. The number of aromatic nitrogens is 1. The monoisotopic (exact) mass is 349 g/mol. The Hall–Kier alpha value is -0.940. The molecule has 2 unspecified atom stereocenters. The van der Waals surface area contributed by atoms with Gasteiger partial charge >= 0.3 is 0 Å². The molecule has 0 aliphatic carbocycles. The standard InChI is InChI=1S/C18H23N3S.ClH/c1-21(17-9-14-7-8-15(10-17)19-14)11-16-12-22-18(20-16)13-5-3-2-4-6-13;/h2-6,12,14-15,17,19H,7-11H2,1H3;1H. The molecular formula is C18H24ClN3S. The maximum atomic E-state index is 4.83. The summed E-state index contributed by atoms with van der Waals surface area (Å²) in [5.41, 5.74) is 2.43. The van der Waals surface area contributed by atoms with Crippen molar-refractivity contribution in [1.82, 2.24) is 15.2 Å². The molecule has 1 aromatic carbocycles. The van der Waals surface area contributed by atoms with Gasteiger partial charge in [0.25, 0.3) is 0 Å². The molecule has 2 saturated heterocycles. The largest absolute Gasteiger partial charge is 0.311 e. The van der Waals surface area contributed by atoms with E-state index in [1.807, 2.05) is 0 Å². The topological polar surface area (TPSA) is 28.2 Å². The fourth-order valence-electron chi connectivity index (χ4n) is 3.86. The van der Waals surface area contributed by atoms with Crippen LogP contribution in [-0.2, 0) is 6.54 Å². The van der Waals surface area contributed by atoms with Gasteiger partial charge in [0.2, 0.25) is 0 Å². The molecule has 0 radical (unpaired) electrons. The third kappa shape index (κ3) is 3.77. The van der Waals surface area contributed by atoms with Crippen LogP contribution in [0, 0.1) is 0 Å². The first-order valence-electron chi connectivity index (χ1n) is 8.24. The summed E-state index contributed by atoms with van der Waals surface area (Å²) in [6, 6.07) is 12.7. The molecule has 2 fully saturated rings. The smallest absolute Gasteiger partial charge is 0.123 e. The highest BCUT2D eigenvalue weighted by Crippen LogP contribution is 2.30. The highest BCUT2D eigenvalue weighted by Gasteiger charge is 2.35. The number of nitrogens with zero attached hydrogens (tertiary/aromatic N) is 2. The minimum absolute atomic E-state index is 0. The van der Waals surface area contributed by atoms with Crippen LogP contribution in [0.25, 0.3) is 10.6 Å². The number of fused-ring (bicyclic) bond motifs is 2. The summed E-state index contributed by atoms with van der Waals surface area (Å²) in [5, 5.41) is 7.07. The summed E-state index contributed by atoms with van der Waals surface area (Å²) < 4.78 is 0. The maximum Gasteiger partial charge on any atom is 0.123 e. The highest BCUT2D eigenvalue weighted by molar-refractivity contribution is 7.13. The Morgan fingerprint density at radius 1 is 1.17 bits per heavy atom. The minimum atomic E-state index is 0. The summed E-state index contributed by atoms with van der Waals surface area (Å²) in [6.45, 7) is 0.966. The maximum absolute atomic E-state index is 4.83. The minimum Gasteiger partial charge on any atom is -0.311 e. The van der Waals surface area contributed by atoms with E-state index in [1.165, 1.54) is 36.9 Å². The van der Waals surface area contributed by atoms with Crippen LogP contribution in [-0.4, -0.2) is 35.1 Å². The third-order valence-corrected chi connectivity index (χ3v) is 6.00. The molecule has 2 aromatic rings. The molecular weight excluding hydrogens is 326 g/mol. The number of benzene rings is 1. The SMILES string of the molecule is CN(Cc1csc(-c2ccccc2)n1)C1CC2CCC(C1)N2.Cl. The second-order valence-electron chi connectivity index (χ2n) is 6.69. The van der Waals surface area contributed by atoms with Crippen molar-refractivity contribution in [2.75, 3.05) is 7.05 Å². The molecule has 124 valence electrons. The van der Waals surface area contributed by atoms with Crippen LogP contribution >= 0.6 is 23.7 Å².